The number of aliphatic imine (C=N–C) groups is 4. The van der Waals surface area contributed by atoms with Gasteiger partial charge in [-0.3, -0.25) is 49.6 Å². The first-order valence-electron chi connectivity index (χ1n) is 40.1. The lowest BCUT2D eigenvalue weighted by atomic mass is 9.95. The number of rotatable bonds is 12. The van der Waals surface area contributed by atoms with Gasteiger partial charge in [-0.05, 0) is 247 Å². The van der Waals surface area contributed by atoms with Crippen molar-refractivity contribution in [2.24, 2.45) is 27.0 Å². The second-order valence-corrected chi connectivity index (χ2v) is 30.5. The second-order valence-electron chi connectivity index (χ2n) is 30.5. The largest absolute Gasteiger partial charge is 0.288 e. The molecule has 10 aromatic carbocycles. The van der Waals surface area contributed by atoms with E-state index in [9.17, 15) is 4.39 Å². The van der Waals surface area contributed by atoms with Crippen molar-refractivity contribution in [2.45, 2.75) is 92.9 Å². The average molecular weight is 1520 g/mol. The maximum Gasteiger partial charge on any atom is 0.126 e. The summed E-state index contributed by atoms with van der Waals surface area (Å²) in [7, 11) is 1.96. The predicted octanol–water partition coefficient (Wildman–Crippen LogP) is 25.0. The van der Waals surface area contributed by atoms with Gasteiger partial charge in [-0.1, -0.05) is 176 Å². The highest BCUT2D eigenvalue weighted by atomic mass is 19.1. The zero-order chi connectivity index (χ0) is 79.9. The zero-order valence-electron chi connectivity index (χ0n) is 66.8. The molecule has 16 aromatic rings. The molecular weight excluding hydrogens is 1430 g/mol. The van der Waals surface area contributed by atoms with Crippen molar-refractivity contribution in [1.29, 1.82) is 0 Å². The summed E-state index contributed by atoms with van der Waals surface area (Å²) in [5.74, 6) is 0.564. The molecule has 12 heteroatoms. The van der Waals surface area contributed by atoms with Crippen molar-refractivity contribution in [3.8, 4) is 112 Å². The highest BCUT2D eigenvalue weighted by molar-refractivity contribution is 6.04. The monoisotopic (exact) mass is 1520 g/mol. The normalized spacial score (nSPS) is 13.0. The molecule has 1 aliphatic carbocycles. The van der Waals surface area contributed by atoms with Crippen LogP contribution in [0.25, 0.3) is 123 Å². The standard InChI is InChI=1S/C22H18N2.C21H17FN2.2C21H18N2.C20H17N3/c1-3-16(15-6-7-15)11-18(4-1)22-21(5-2-10-24-22)17-8-9-19-13-23-14-20(19)12-17;1-13-10-16(7-8-20(13)22)21-18(4-3-9-23-21)15-5-6-17-12-24-14(2)19(17)11-15;1-14-5-3-6-17(11-14)21-19(7-4-10-22-21)16-8-9-18-13-23-15(2)20(18)12-16;1-2-15-5-3-6-17(11-15)21-20(7-4-10-23-21)16-8-9-18-13-22-14-19(18)12-16;1-14-5-3-6-16(11-14)20-18(7-4-10-21-20)15-8-9-19-17(12-15)13-22-23(19)2/h1-5,8-12,14-15H,6-7,13H2;3-11H,12H2,1-2H3;3-12H,13H2,1-2H3;3-12,14H,2,13H2,1H3;3-13H,1-2H3. The molecule has 0 spiro atoms. The van der Waals surface area contributed by atoms with Crippen molar-refractivity contribution in [3.63, 3.8) is 0 Å². The summed E-state index contributed by atoms with van der Waals surface area (Å²) in [6.45, 7) is 15.5. The summed E-state index contributed by atoms with van der Waals surface area (Å²) in [6, 6.07) is 92.9. The van der Waals surface area contributed by atoms with E-state index < -0.39 is 0 Å². The van der Waals surface area contributed by atoms with E-state index in [1.165, 1.54) is 130 Å². The van der Waals surface area contributed by atoms with Gasteiger partial charge in [0.05, 0.1) is 66.4 Å². The van der Waals surface area contributed by atoms with Crippen LogP contribution in [0, 0.1) is 26.6 Å². The molecule has 10 heterocycles. The Balaban J connectivity index is 0.000000105. The number of nitrogens with zero attached hydrogens (tertiary/aromatic N) is 11. The van der Waals surface area contributed by atoms with Crippen LogP contribution >= 0.6 is 0 Å². The van der Waals surface area contributed by atoms with Gasteiger partial charge in [0.25, 0.3) is 0 Å². The summed E-state index contributed by atoms with van der Waals surface area (Å²) in [5.41, 5.74) is 41.6. The van der Waals surface area contributed by atoms with Crippen LogP contribution in [0.15, 0.2) is 324 Å². The van der Waals surface area contributed by atoms with Crippen molar-refractivity contribution in [3.05, 3.63) is 382 Å². The SMILES string of the molecule is C1=NCc2ccc(-c3cccnc3-c3cccc(C4CC4)c3)cc21.CC1=NCc2ccc(-c3cccnc3-c3ccc(F)c(C)c3)cc21.CC1=NCc2ccc(-c3cccnc3-c3cccc(C)c3)cc21.CCc1cccc(-c2ncccc2-c2ccc3c(c2)C=NC3)c1.Cc1cccc(-c2ncccc2-c2ccc3c(cnn3C)c2)c1. The Hall–Kier alpha value is -14.0. The van der Waals surface area contributed by atoms with Gasteiger partial charge in [0, 0.05) is 134 Å². The van der Waals surface area contributed by atoms with Gasteiger partial charge in [0.15, 0.2) is 0 Å². The van der Waals surface area contributed by atoms with Crippen LogP contribution < -0.4 is 0 Å². The van der Waals surface area contributed by atoms with Crippen LogP contribution in [0.3, 0.4) is 0 Å². The van der Waals surface area contributed by atoms with E-state index in [0.29, 0.717) is 5.56 Å². The Kier molecular flexibility index (Phi) is 22.0. The molecule has 11 nitrogen and oxygen atoms in total. The van der Waals surface area contributed by atoms with Gasteiger partial charge >= 0.3 is 0 Å². The van der Waals surface area contributed by atoms with Crippen LogP contribution in [0.1, 0.15) is 112 Å². The highest BCUT2D eigenvalue weighted by Gasteiger charge is 2.25. The molecule has 6 aromatic heterocycles. The number of aromatic nitrogens is 7. The molecule has 0 N–H and O–H groups in total. The third kappa shape index (κ3) is 16.7. The minimum atomic E-state index is -0.194. The Labute approximate surface area is 683 Å². The number of fused-ring (bicyclic) bond motifs is 5. The first-order valence-corrected chi connectivity index (χ1v) is 40.1. The Morgan fingerprint density at radius 1 is 0.350 bits per heavy atom. The molecule has 0 unspecified atom stereocenters. The maximum atomic E-state index is 13.6. The van der Waals surface area contributed by atoms with Crippen LogP contribution in [-0.4, -0.2) is 58.6 Å². The summed E-state index contributed by atoms with van der Waals surface area (Å²) in [6.07, 6.45) is 18.8. The molecular formula is C105H88FN11. The fourth-order valence-electron chi connectivity index (χ4n) is 15.9. The zero-order valence-corrected chi connectivity index (χ0v) is 66.8. The van der Waals surface area contributed by atoms with E-state index >= 15 is 0 Å². The van der Waals surface area contributed by atoms with Crippen molar-refractivity contribution in [1.82, 2.24) is 34.7 Å². The number of pyridine rings is 5. The number of hydrogen-bond donors (Lipinski definition) is 0. The topological polar surface area (TPSA) is 132 Å². The second kappa shape index (κ2) is 34.0. The van der Waals surface area contributed by atoms with E-state index in [4.69, 9.17) is 4.98 Å². The van der Waals surface area contributed by atoms with Crippen molar-refractivity contribution in [2.75, 3.05) is 0 Å². The molecule has 0 bridgehead atoms. The number of aryl methyl sites for hydroxylation is 5. The van der Waals surface area contributed by atoms with Crippen LogP contribution in [-0.2, 0) is 39.6 Å². The Bertz CT molecular complexity index is 6570. The molecule has 570 valence electrons. The molecule has 117 heavy (non-hydrogen) atoms. The van der Waals surface area contributed by atoms with Crippen LogP contribution in [0.5, 0.6) is 0 Å². The van der Waals surface area contributed by atoms with Gasteiger partial charge in [0.1, 0.15) is 5.82 Å². The summed E-state index contributed by atoms with van der Waals surface area (Å²) < 4.78 is 15.5. The van der Waals surface area contributed by atoms with Gasteiger partial charge in [0.2, 0.25) is 0 Å². The third-order valence-electron chi connectivity index (χ3n) is 22.4. The lowest BCUT2D eigenvalue weighted by Crippen LogP contribution is -1.95. The molecule has 0 atom stereocenters. The van der Waals surface area contributed by atoms with Gasteiger partial charge < -0.3 is 0 Å². The fourth-order valence-corrected chi connectivity index (χ4v) is 15.9. The quantitative estimate of drug-likeness (QED) is 0.120. The lowest BCUT2D eigenvalue weighted by Gasteiger charge is -2.11. The van der Waals surface area contributed by atoms with Crippen molar-refractivity contribution < 1.29 is 4.39 Å². The molecule has 1 fully saturated rings. The minimum Gasteiger partial charge on any atom is -0.288 e. The van der Waals surface area contributed by atoms with E-state index in [1.54, 1.807) is 19.2 Å². The molecule has 21 rings (SSSR count). The van der Waals surface area contributed by atoms with Gasteiger partial charge in [-0.15, -0.1) is 0 Å². The smallest absolute Gasteiger partial charge is 0.126 e. The number of benzene rings is 10. The molecule has 0 radical (unpaired) electrons. The number of hydrogen-bond acceptors (Lipinski definition) is 10. The average Bonchev–Trinajstić information content (AvgIpc) is 1.75. The first-order chi connectivity index (χ1) is 57.3. The number of halogens is 1. The summed E-state index contributed by atoms with van der Waals surface area (Å²) in [4.78, 5) is 40.9. The first kappa shape index (κ1) is 75.7. The maximum absolute atomic E-state index is 13.6. The van der Waals surface area contributed by atoms with E-state index in [0.717, 1.165) is 128 Å². The summed E-state index contributed by atoms with van der Waals surface area (Å²) in [5, 5.41) is 5.47. The van der Waals surface area contributed by atoms with E-state index in [1.807, 2.05) is 98.5 Å². The van der Waals surface area contributed by atoms with E-state index in [2.05, 4.69) is 291 Å². The molecule has 0 saturated heterocycles. The molecule has 0 amide bonds. The van der Waals surface area contributed by atoms with Crippen LogP contribution in [0.2, 0.25) is 0 Å². The van der Waals surface area contributed by atoms with Gasteiger partial charge in [-0.25, -0.2) is 4.39 Å². The minimum absolute atomic E-state index is 0.194. The third-order valence-corrected chi connectivity index (χ3v) is 22.4. The fraction of sp³-hybridized carbons (Fsp3) is 0.143. The summed E-state index contributed by atoms with van der Waals surface area (Å²) >= 11 is 0. The van der Waals surface area contributed by atoms with E-state index in [-0.39, 0.29) is 5.82 Å². The predicted molar refractivity (Wildman–Crippen MR) is 480 cm³/mol. The molecule has 4 aliphatic heterocycles. The molecule has 1 saturated carbocycles. The lowest BCUT2D eigenvalue weighted by molar-refractivity contribution is 0.619. The van der Waals surface area contributed by atoms with Crippen LogP contribution in [0.4, 0.5) is 4.39 Å². The molecule has 5 aliphatic rings. The Morgan fingerprint density at radius 2 is 0.752 bits per heavy atom. The highest BCUT2D eigenvalue weighted by Crippen LogP contribution is 2.43. The van der Waals surface area contributed by atoms with Gasteiger partial charge in [-0.2, -0.15) is 5.10 Å². The van der Waals surface area contributed by atoms with Crippen molar-refractivity contribution >= 4 is 34.8 Å². The Morgan fingerprint density at radius 3 is 1.21 bits per heavy atom.